The van der Waals surface area contributed by atoms with Gasteiger partial charge in [0.15, 0.2) is 0 Å². The molecule has 0 amide bonds. The molecule has 0 saturated heterocycles. The summed E-state index contributed by atoms with van der Waals surface area (Å²) in [6.07, 6.45) is 5.46. The minimum absolute atomic E-state index is 0.212. The van der Waals surface area contributed by atoms with Gasteiger partial charge in [-0.3, -0.25) is 4.98 Å². The molecule has 1 aromatic carbocycles. The highest BCUT2D eigenvalue weighted by atomic mass is 35.5. The number of nitrogens with one attached hydrogen (secondary N) is 1. The molecular weight excluding hydrogens is 375 g/mol. The number of rotatable bonds is 6. The summed E-state index contributed by atoms with van der Waals surface area (Å²) in [6, 6.07) is 7.42. The van der Waals surface area contributed by atoms with Crippen LogP contribution in [0.4, 0.5) is 0 Å². The van der Waals surface area contributed by atoms with E-state index in [-0.39, 0.29) is 6.10 Å². The van der Waals surface area contributed by atoms with Crippen molar-refractivity contribution in [2.24, 2.45) is 0 Å². The Labute approximate surface area is 153 Å². The highest BCUT2D eigenvalue weighted by molar-refractivity contribution is 7.14. The third-order valence-electron chi connectivity index (χ3n) is 3.42. The molecule has 0 aliphatic rings. The number of thiophene rings is 1. The van der Waals surface area contributed by atoms with Gasteiger partial charge in [0, 0.05) is 21.2 Å². The van der Waals surface area contributed by atoms with Crippen LogP contribution >= 0.6 is 46.1 Å². The summed E-state index contributed by atoms with van der Waals surface area (Å²) in [5, 5.41) is 3.15. The van der Waals surface area contributed by atoms with Gasteiger partial charge in [-0.15, -0.1) is 11.3 Å². The van der Waals surface area contributed by atoms with E-state index in [1.165, 1.54) is 11.3 Å². The Morgan fingerprint density at radius 1 is 1.22 bits per heavy atom. The quantitative estimate of drug-likeness (QED) is 0.572. The lowest BCUT2D eigenvalue weighted by atomic mass is 10.1. The molecule has 0 aliphatic heterocycles. The van der Waals surface area contributed by atoms with E-state index in [4.69, 9.17) is 39.5 Å². The number of imidazole rings is 1. The largest absolute Gasteiger partial charge is 0.365 e. The number of aromatic amines is 1. The zero-order chi connectivity index (χ0) is 16.2. The fourth-order valence-corrected chi connectivity index (χ4v) is 3.67. The van der Waals surface area contributed by atoms with Gasteiger partial charge in [-0.25, -0.2) is 4.57 Å². The number of aromatic nitrogens is 2. The van der Waals surface area contributed by atoms with Crippen molar-refractivity contribution in [1.29, 1.82) is 0 Å². The second-order valence-electron chi connectivity index (χ2n) is 4.99. The Morgan fingerprint density at radius 2 is 2.09 bits per heavy atom. The summed E-state index contributed by atoms with van der Waals surface area (Å²) in [5.74, 6) is 0. The molecule has 2 aromatic heterocycles. The van der Waals surface area contributed by atoms with Crippen LogP contribution in [0.3, 0.4) is 0 Å². The highest BCUT2D eigenvalue weighted by Crippen LogP contribution is 2.31. The molecular formula is C16H14Cl3N2OS+. The molecule has 1 atom stereocenters. The van der Waals surface area contributed by atoms with Gasteiger partial charge < -0.3 is 4.74 Å². The van der Waals surface area contributed by atoms with Gasteiger partial charge in [0.2, 0.25) is 6.33 Å². The van der Waals surface area contributed by atoms with Crippen LogP contribution in [0.25, 0.3) is 0 Å². The fraction of sp³-hybridized carbons (Fsp3) is 0.188. The lowest BCUT2D eigenvalue weighted by molar-refractivity contribution is -0.704. The van der Waals surface area contributed by atoms with Crippen molar-refractivity contribution in [1.82, 2.24) is 4.98 Å². The predicted octanol–water partition coefficient (Wildman–Crippen LogP) is 5.28. The molecule has 0 aliphatic carbocycles. The smallest absolute Gasteiger partial charge is 0.241 e. The first-order valence-electron chi connectivity index (χ1n) is 6.93. The predicted molar refractivity (Wildman–Crippen MR) is 94.3 cm³/mol. The molecule has 0 bridgehead atoms. The van der Waals surface area contributed by atoms with Crippen LogP contribution in [-0.4, -0.2) is 4.98 Å². The van der Waals surface area contributed by atoms with Crippen molar-refractivity contribution in [3.8, 4) is 0 Å². The number of benzene rings is 1. The first-order valence-corrected chi connectivity index (χ1v) is 8.95. The Kier molecular flexibility index (Phi) is 5.62. The molecule has 7 heteroatoms. The lowest BCUT2D eigenvalue weighted by Crippen LogP contribution is -2.35. The van der Waals surface area contributed by atoms with Crippen LogP contribution in [0.5, 0.6) is 0 Å². The minimum Gasteiger partial charge on any atom is -0.365 e. The van der Waals surface area contributed by atoms with E-state index < -0.39 is 0 Å². The summed E-state index contributed by atoms with van der Waals surface area (Å²) in [4.78, 5) is 3.02. The van der Waals surface area contributed by atoms with E-state index >= 15 is 0 Å². The van der Waals surface area contributed by atoms with E-state index in [1.807, 2.05) is 46.9 Å². The van der Waals surface area contributed by atoms with Gasteiger partial charge in [0.25, 0.3) is 0 Å². The van der Waals surface area contributed by atoms with Gasteiger partial charge in [-0.1, -0.05) is 40.9 Å². The second-order valence-corrected chi connectivity index (χ2v) is 7.36. The van der Waals surface area contributed by atoms with Crippen molar-refractivity contribution >= 4 is 46.1 Å². The van der Waals surface area contributed by atoms with Gasteiger partial charge in [0.05, 0.1) is 10.9 Å². The molecule has 3 aromatic rings. The highest BCUT2D eigenvalue weighted by Gasteiger charge is 2.20. The molecule has 23 heavy (non-hydrogen) atoms. The number of nitrogens with zero attached hydrogens (tertiary/aromatic N) is 1. The number of ether oxygens (including phenoxy) is 1. The summed E-state index contributed by atoms with van der Waals surface area (Å²) in [5.41, 5.74) is 1.88. The number of hydrogen-bond donors (Lipinski definition) is 1. The van der Waals surface area contributed by atoms with Crippen molar-refractivity contribution in [2.45, 2.75) is 19.3 Å². The molecule has 2 heterocycles. The Bertz CT molecular complexity index is 773. The van der Waals surface area contributed by atoms with Gasteiger partial charge >= 0.3 is 0 Å². The average Bonchev–Trinajstić information content (AvgIpc) is 3.16. The zero-order valence-electron chi connectivity index (χ0n) is 12.0. The lowest BCUT2D eigenvalue weighted by Gasteiger charge is -2.18. The average molecular weight is 389 g/mol. The van der Waals surface area contributed by atoms with Crippen molar-refractivity contribution < 1.29 is 9.30 Å². The summed E-state index contributed by atoms with van der Waals surface area (Å²) in [7, 11) is 0. The van der Waals surface area contributed by atoms with Gasteiger partial charge in [0.1, 0.15) is 25.0 Å². The third-order valence-corrected chi connectivity index (χ3v) is 5.24. The standard InChI is InChI=1S/C16H13Cl3N2OS/c17-12-1-2-13(14(18)7-12)15(8-21-5-4-20-10-21)22-9-11-3-6-23-16(11)19/h1-7,10,15H,8-9H2/p+1/t15-/m1/s1. The molecule has 0 spiro atoms. The van der Waals surface area contributed by atoms with Crippen LogP contribution in [0, 0.1) is 0 Å². The van der Waals surface area contributed by atoms with Crippen LogP contribution in [0.15, 0.2) is 48.4 Å². The number of H-pyrrole nitrogens is 1. The minimum atomic E-state index is -0.212. The first-order chi connectivity index (χ1) is 11.1. The van der Waals surface area contributed by atoms with Crippen LogP contribution in [0.2, 0.25) is 14.4 Å². The van der Waals surface area contributed by atoms with Crippen LogP contribution < -0.4 is 4.57 Å². The molecule has 1 N–H and O–H groups in total. The van der Waals surface area contributed by atoms with Crippen molar-refractivity contribution in [2.75, 3.05) is 0 Å². The van der Waals surface area contributed by atoms with Crippen LogP contribution in [0.1, 0.15) is 17.2 Å². The summed E-state index contributed by atoms with van der Waals surface area (Å²) >= 11 is 20.0. The maximum absolute atomic E-state index is 6.35. The van der Waals surface area contributed by atoms with Gasteiger partial charge in [-0.2, -0.15) is 0 Å². The zero-order valence-corrected chi connectivity index (χ0v) is 15.1. The number of hydrogen-bond acceptors (Lipinski definition) is 2. The first kappa shape index (κ1) is 16.8. The van der Waals surface area contributed by atoms with Crippen LogP contribution in [-0.2, 0) is 17.9 Å². The SMILES string of the molecule is Clc1ccc([C@@H](C[n+]2cc[nH]c2)OCc2ccsc2Cl)c(Cl)c1. The van der Waals surface area contributed by atoms with Crippen molar-refractivity contribution in [3.05, 3.63) is 73.9 Å². The van der Waals surface area contributed by atoms with E-state index in [0.29, 0.717) is 23.2 Å². The van der Waals surface area contributed by atoms with E-state index in [2.05, 4.69) is 4.98 Å². The molecule has 120 valence electrons. The fourth-order valence-electron chi connectivity index (χ4n) is 2.24. The monoisotopic (exact) mass is 387 g/mol. The molecule has 0 saturated carbocycles. The molecule has 0 fully saturated rings. The third kappa shape index (κ3) is 4.28. The van der Waals surface area contributed by atoms with E-state index in [0.717, 1.165) is 15.5 Å². The maximum atomic E-state index is 6.35. The molecule has 3 nitrogen and oxygen atoms in total. The second kappa shape index (κ2) is 7.69. The Morgan fingerprint density at radius 3 is 2.74 bits per heavy atom. The van der Waals surface area contributed by atoms with Gasteiger partial charge in [-0.05, 0) is 23.6 Å². The maximum Gasteiger partial charge on any atom is 0.241 e. The summed E-state index contributed by atoms with van der Waals surface area (Å²) < 4.78 is 8.86. The van der Waals surface area contributed by atoms with E-state index in [9.17, 15) is 0 Å². The van der Waals surface area contributed by atoms with E-state index in [1.54, 1.807) is 6.07 Å². The Balaban J connectivity index is 1.82. The topological polar surface area (TPSA) is 28.9 Å². The molecule has 3 rings (SSSR count). The summed E-state index contributed by atoms with van der Waals surface area (Å²) in [6.45, 7) is 1.06. The number of halogens is 3. The molecule has 0 unspecified atom stereocenters. The van der Waals surface area contributed by atoms with Crippen molar-refractivity contribution in [3.63, 3.8) is 0 Å². The Hall–Kier alpha value is -1.04. The normalized spacial score (nSPS) is 12.5. The molecule has 0 radical (unpaired) electrons.